The highest BCUT2D eigenvalue weighted by atomic mass is 32.2. The van der Waals surface area contributed by atoms with Crippen LogP contribution in [0.1, 0.15) is 51.9 Å². The Hall–Kier alpha value is -1.04. The molecule has 6 heteroatoms. The van der Waals surface area contributed by atoms with Crippen LogP contribution in [0.25, 0.3) is 0 Å². The van der Waals surface area contributed by atoms with E-state index in [1.807, 2.05) is 0 Å². The molecule has 0 bridgehead atoms. The molecule has 1 fully saturated rings. The van der Waals surface area contributed by atoms with Gasteiger partial charge in [0.1, 0.15) is 12.4 Å². The van der Waals surface area contributed by atoms with Crippen molar-refractivity contribution in [2.24, 2.45) is 5.92 Å². The second kappa shape index (κ2) is 8.29. The van der Waals surface area contributed by atoms with Gasteiger partial charge in [0, 0.05) is 5.75 Å². The second-order valence-corrected chi connectivity index (χ2v) is 6.30. The van der Waals surface area contributed by atoms with Crippen LogP contribution in [-0.4, -0.2) is 33.0 Å². The molecule has 0 saturated carbocycles. The number of nitrogens with zero attached hydrogens (tertiary/aromatic N) is 2. The number of rotatable bonds is 9. The average molecular weight is 297 g/mol. The lowest BCUT2D eigenvalue weighted by Gasteiger charge is -2.06. The lowest BCUT2D eigenvalue weighted by Crippen LogP contribution is -2.09. The number of carbonyl (C=O) groups excluding carboxylic acids is 1. The first-order valence-corrected chi connectivity index (χ1v) is 8.46. The van der Waals surface area contributed by atoms with Crippen LogP contribution in [0.3, 0.4) is 0 Å². The fourth-order valence-electron chi connectivity index (χ4n) is 2.49. The minimum absolute atomic E-state index is 0.0105. The van der Waals surface area contributed by atoms with E-state index in [1.54, 1.807) is 11.8 Å². The molecule has 1 saturated heterocycles. The molecule has 1 aliphatic heterocycles. The van der Waals surface area contributed by atoms with Gasteiger partial charge in [-0.05, 0) is 12.8 Å². The van der Waals surface area contributed by atoms with Gasteiger partial charge in [0.2, 0.25) is 0 Å². The molecule has 0 aromatic carbocycles. The number of carbonyl (C=O) groups is 1. The molecule has 1 aromatic rings. The molecule has 5 nitrogen and oxygen atoms in total. The summed E-state index contributed by atoms with van der Waals surface area (Å²) in [5, 5.41) is 7.38. The fraction of sp³-hybridized carbons (Fsp3) is 0.786. The zero-order valence-corrected chi connectivity index (χ0v) is 12.8. The molecule has 0 spiro atoms. The molecule has 2 atom stereocenters. The fourth-order valence-corrected chi connectivity index (χ4v) is 3.28. The van der Waals surface area contributed by atoms with Gasteiger partial charge in [0.05, 0.1) is 5.92 Å². The maximum atomic E-state index is 11.8. The summed E-state index contributed by atoms with van der Waals surface area (Å²) >= 11 is 1.56. The van der Waals surface area contributed by atoms with Crippen LogP contribution in [0.2, 0.25) is 0 Å². The van der Waals surface area contributed by atoms with E-state index < -0.39 is 0 Å². The van der Waals surface area contributed by atoms with Crippen molar-refractivity contribution < 1.29 is 9.53 Å². The Balaban J connectivity index is 1.62. The predicted molar refractivity (Wildman–Crippen MR) is 78.5 cm³/mol. The summed E-state index contributed by atoms with van der Waals surface area (Å²) in [5.41, 5.74) is 0. The topological polar surface area (TPSA) is 67.9 Å². The van der Waals surface area contributed by atoms with Crippen LogP contribution in [0.4, 0.5) is 0 Å². The Labute approximate surface area is 124 Å². The normalized spacial score (nSPS) is 22.1. The predicted octanol–water partition coefficient (Wildman–Crippen LogP) is 3.19. The molecule has 112 valence electrons. The monoisotopic (exact) mass is 297 g/mol. The number of esters is 1. The largest absolute Gasteiger partial charge is 0.461 e. The number of hydrogen-bond acceptors (Lipinski definition) is 5. The van der Waals surface area contributed by atoms with Gasteiger partial charge in [-0.15, -0.1) is 0 Å². The second-order valence-electron chi connectivity index (χ2n) is 5.30. The van der Waals surface area contributed by atoms with Crippen molar-refractivity contribution in [1.82, 2.24) is 15.2 Å². The quantitative estimate of drug-likeness (QED) is 0.431. The Bertz CT molecular complexity index is 397. The summed E-state index contributed by atoms with van der Waals surface area (Å²) in [6.45, 7) is 2.21. The molecule has 1 N–H and O–H groups in total. The molecule has 20 heavy (non-hydrogen) atoms. The molecule has 0 radical (unpaired) electrons. The smallest absolute Gasteiger partial charge is 0.309 e. The minimum atomic E-state index is -0.0105. The van der Waals surface area contributed by atoms with Crippen LogP contribution < -0.4 is 0 Å². The third-order valence-electron chi connectivity index (χ3n) is 3.62. The molecule has 2 rings (SSSR count). The maximum absolute atomic E-state index is 11.8. The summed E-state index contributed by atoms with van der Waals surface area (Å²) in [7, 11) is 0. The lowest BCUT2D eigenvalue weighted by atomic mass is 9.97. The van der Waals surface area contributed by atoms with E-state index in [-0.39, 0.29) is 18.0 Å². The summed E-state index contributed by atoms with van der Waals surface area (Å²) in [6, 6.07) is 0. The number of ether oxygens (including phenoxy) is 1. The van der Waals surface area contributed by atoms with Crippen molar-refractivity contribution in [3.63, 3.8) is 0 Å². The first-order valence-electron chi connectivity index (χ1n) is 7.48. The Morgan fingerprint density at radius 3 is 3.00 bits per heavy atom. The third kappa shape index (κ3) is 4.81. The van der Waals surface area contributed by atoms with Crippen LogP contribution in [0, 0.1) is 5.92 Å². The van der Waals surface area contributed by atoms with E-state index in [0.717, 1.165) is 30.2 Å². The van der Waals surface area contributed by atoms with Gasteiger partial charge in [-0.1, -0.05) is 50.8 Å². The Morgan fingerprint density at radius 2 is 2.25 bits per heavy atom. The molecular formula is C14H23N3O2S. The summed E-state index contributed by atoms with van der Waals surface area (Å²) in [6.07, 6.45) is 9.55. The first-order chi connectivity index (χ1) is 9.79. The number of hydrogen-bond donors (Lipinski definition) is 1. The number of unbranched alkanes of at least 4 members (excludes halogenated alkanes) is 4. The van der Waals surface area contributed by atoms with Crippen LogP contribution >= 0.6 is 11.8 Å². The van der Waals surface area contributed by atoms with Crippen LogP contribution in [0.15, 0.2) is 11.5 Å². The van der Waals surface area contributed by atoms with Gasteiger partial charge in [0.15, 0.2) is 5.16 Å². The number of nitrogens with one attached hydrogen (secondary N) is 1. The minimum Gasteiger partial charge on any atom is -0.461 e. The zero-order valence-electron chi connectivity index (χ0n) is 12.0. The van der Waals surface area contributed by atoms with Crippen molar-refractivity contribution in [2.45, 2.75) is 63.1 Å². The van der Waals surface area contributed by atoms with Crippen LogP contribution in [0.5, 0.6) is 0 Å². The van der Waals surface area contributed by atoms with Crippen molar-refractivity contribution >= 4 is 17.7 Å². The Kier molecular flexibility index (Phi) is 6.36. The molecule has 0 aliphatic carbocycles. The summed E-state index contributed by atoms with van der Waals surface area (Å²) in [5.74, 6) is 0.855. The molecule has 0 amide bonds. The first kappa shape index (κ1) is 15.4. The van der Waals surface area contributed by atoms with Crippen LogP contribution in [-0.2, 0) is 9.53 Å². The highest BCUT2D eigenvalue weighted by Crippen LogP contribution is 2.29. The van der Waals surface area contributed by atoms with Gasteiger partial charge in [0.25, 0.3) is 0 Å². The molecular weight excluding hydrogens is 274 g/mol. The standard InChI is InChI=1S/C14H23N3O2S/c1-2-3-4-5-6-7-11-8-12(19-13(11)18)9-20-14-15-10-16-17-14/h10-12H,2-9H2,1H3,(H,15,16,17)/t11-,12-/m0/s1. The zero-order chi connectivity index (χ0) is 14.2. The van der Waals surface area contributed by atoms with Crippen molar-refractivity contribution in [1.29, 1.82) is 0 Å². The molecule has 0 unspecified atom stereocenters. The van der Waals surface area contributed by atoms with Crippen molar-refractivity contribution in [3.8, 4) is 0 Å². The van der Waals surface area contributed by atoms with E-state index in [4.69, 9.17) is 4.74 Å². The summed E-state index contributed by atoms with van der Waals surface area (Å²) < 4.78 is 5.43. The van der Waals surface area contributed by atoms with Crippen molar-refractivity contribution in [2.75, 3.05) is 5.75 Å². The number of cyclic esters (lactones) is 1. The van der Waals surface area contributed by atoms with Gasteiger partial charge in [-0.3, -0.25) is 9.89 Å². The number of H-pyrrole nitrogens is 1. The number of thioether (sulfide) groups is 1. The summed E-state index contributed by atoms with van der Waals surface area (Å²) in [4.78, 5) is 15.8. The van der Waals surface area contributed by atoms with Gasteiger partial charge in [-0.2, -0.15) is 5.10 Å². The lowest BCUT2D eigenvalue weighted by molar-refractivity contribution is -0.143. The van der Waals surface area contributed by atoms with E-state index in [2.05, 4.69) is 22.1 Å². The van der Waals surface area contributed by atoms with Gasteiger partial charge < -0.3 is 4.74 Å². The molecule has 1 aliphatic rings. The maximum Gasteiger partial charge on any atom is 0.309 e. The number of aromatic amines is 1. The van der Waals surface area contributed by atoms with Crippen molar-refractivity contribution in [3.05, 3.63) is 6.33 Å². The highest BCUT2D eigenvalue weighted by molar-refractivity contribution is 7.99. The van der Waals surface area contributed by atoms with E-state index >= 15 is 0 Å². The molecule has 1 aromatic heterocycles. The molecule has 2 heterocycles. The van der Waals surface area contributed by atoms with E-state index in [0.29, 0.717) is 0 Å². The van der Waals surface area contributed by atoms with Gasteiger partial charge in [-0.25, -0.2) is 4.98 Å². The van der Waals surface area contributed by atoms with E-state index in [1.165, 1.54) is 32.0 Å². The highest BCUT2D eigenvalue weighted by Gasteiger charge is 2.33. The average Bonchev–Trinajstić information content (AvgIpc) is 3.06. The third-order valence-corrected chi connectivity index (χ3v) is 4.63. The SMILES string of the molecule is CCCCCCC[C@H]1C[C@@H](CSc2ncn[nH]2)OC1=O. The van der Waals surface area contributed by atoms with E-state index in [9.17, 15) is 4.79 Å². The number of aromatic nitrogens is 3. The van der Waals surface area contributed by atoms with Gasteiger partial charge >= 0.3 is 5.97 Å². The Morgan fingerprint density at radius 1 is 1.40 bits per heavy atom.